The topological polar surface area (TPSA) is 75.9 Å². The predicted molar refractivity (Wildman–Crippen MR) is 113 cm³/mol. The average molecular weight is 409 g/mol. The van der Waals surface area contributed by atoms with Gasteiger partial charge in [0.15, 0.2) is 5.65 Å². The number of tetrazole rings is 1. The van der Waals surface area contributed by atoms with Crippen LogP contribution in [0.15, 0.2) is 24.3 Å². The molecule has 5 rings (SSSR count). The van der Waals surface area contributed by atoms with E-state index in [0.29, 0.717) is 32.8 Å². The Morgan fingerprint density at radius 1 is 1.20 bits per heavy atom. The van der Waals surface area contributed by atoms with Crippen molar-refractivity contribution in [1.29, 1.82) is 0 Å². The maximum Gasteiger partial charge on any atom is 0.320 e. The van der Waals surface area contributed by atoms with Gasteiger partial charge in [-0.2, -0.15) is 4.52 Å². The van der Waals surface area contributed by atoms with Crippen LogP contribution in [0.3, 0.4) is 0 Å². The van der Waals surface area contributed by atoms with Gasteiger partial charge >= 0.3 is 6.03 Å². The number of aromatic nitrogens is 4. The molecule has 1 saturated heterocycles. The molecule has 3 heterocycles. The number of para-hydroxylation sites is 1. The van der Waals surface area contributed by atoms with Crippen molar-refractivity contribution in [3.63, 3.8) is 0 Å². The van der Waals surface area contributed by atoms with Crippen molar-refractivity contribution in [1.82, 2.24) is 29.8 Å². The molecule has 1 aliphatic heterocycles. The van der Waals surface area contributed by atoms with Gasteiger partial charge in [0.1, 0.15) is 0 Å². The van der Waals surface area contributed by atoms with E-state index >= 15 is 0 Å². The molecule has 158 valence electrons. The second-order valence-electron chi connectivity index (χ2n) is 8.40. The summed E-state index contributed by atoms with van der Waals surface area (Å²) in [6.45, 7) is 5.12. The molecule has 2 fully saturated rings. The van der Waals surface area contributed by atoms with E-state index in [1.165, 1.54) is 19.3 Å². The summed E-state index contributed by atoms with van der Waals surface area (Å²) in [5.74, 6) is 0. The number of amides is 2. The molecule has 2 aliphatic rings. The Kier molecular flexibility index (Phi) is 5.25. The molecule has 2 aromatic heterocycles. The van der Waals surface area contributed by atoms with Crippen LogP contribution in [-0.4, -0.2) is 68.2 Å². The quantitative estimate of drug-likeness (QED) is 0.665. The normalized spacial score (nSPS) is 18.2. The molecular weight excluding hydrogens is 380 g/mol. The second kappa shape index (κ2) is 8.18. The lowest BCUT2D eigenvalue weighted by atomic mass is 9.94. The smallest absolute Gasteiger partial charge is 0.320 e. The van der Waals surface area contributed by atoms with Crippen LogP contribution in [0.2, 0.25) is 0 Å². The molecule has 3 aromatic rings. The van der Waals surface area contributed by atoms with Crippen LogP contribution in [0.1, 0.15) is 43.2 Å². The zero-order valence-electron chi connectivity index (χ0n) is 17.5. The van der Waals surface area contributed by atoms with Crippen LogP contribution in [0, 0.1) is 6.92 Å². The molecule has 1 saturated carbocycles. The van der Waals surface area contributed by atoms with Crippen LogP contribution < -0.4 is 0 Å². The van der Waals surface area contributed by atoms with Crippen molar-refractivity contribution in [3.8, 4) is 0 Å². The summed E-state index contributed by atoms with van der Waals surface area (Å²) in [6, 6.07) is 8.73. The monoisotopic (exact) mass is 408 g/mol. The fraction of sp³-hybridized carbons (Fsp3) is 0.545. The minimum atomic E-state index is 0.111. The van der Waals surface area contributed by atoms with E-state index in [1.807, 2.05) is 9.42 Å². The van der Waals surface area contributed by atoms with Crippen LogP contribution >= 0.6 is 0 Å². The van der Waals surface area contributed by atoms with Gasteiger partial charge in [-0.3, -0.25) is 0 Å². The summed E-state index contributed by atoms with van der Waals surface area (Å²) in [6.07, 6.45) is 5.73. The Morgan fingerprint density at radius 3 is 2.80 bits per heavy atom. The standard InChI is InChI=1S/C22H28N6O2/c1-16-6-5-7-17-14-18(21-23-24-25-28(21)20(16)17)15-27(19-8-3-2-4-9-19)22(29)26-10-12-30-13-11-26/h5-7,14,19H,2-4,8-13,15H2,1H3. The summed E-state index contributed by atoms with van der Waals surface area (Å²) < 4.78 is 7.28. The van der Waals surface area contributed by atoms with E-state index in [2.05, 4.69) is 51.6 Å². The second-order valence-corrected chi connectivity index (χ2v) is 8.40. The molecule has 1 aliphatic carbocycles. The van der Waals surface area contributed by atoms with E-state index in [1.54, 1.807) is 0 Å². The van der Waals surface area contributed by atoms with Crippen molar-refractivity contribution in [2.24, 2.45) is 0 Å². The summed E-state index contributed by atoms with van der Waals surface area (Å²) in [4.78, 5) is 17.5. The van der Waals surface area contributed by atoms with Crippen molar-refractivity contribution in [2.45, 2.75) is 51.6 Å². The van der Waals surface area contributed by atoms with Gasteiger partial charge in [-0.15, -0.1) is 5.10 Å². The fourth-order valence-corrected chi connectivity index (χ4v) is 4.86. The predicted octanol–water partition coefficient (Wildman–Crippen LogP) is 3.17. The van der Waals surface area contributed by atoms with Crippen molar-refractivity contribution < 1.29 is 9.53 Å². The third kappa shape index (κ3) is 3.49. The maximum atomic E-state index is 13.5. The molecule has 0 spiro atoms. The molecule has 0 unspecified atom stereocenters. The van der Waals surface area contributed by atoms with Gasteiger partial charge in [0, 0.05) is 30.1 Å². The summed E-state index contributed by atoms with van der Waals surface area (Å²) in [5.41, 5.74) is 3.87. The highest BCUT2D eigenvalue weighted by molar-refractivity contribution is 5.86. The maximum absolute atomic E-state index is 13.5. The van der Waals surface area contributed by atoms with E-state index < -0.39 is 0 Å². The number of nitrogens with zero attached hydrogens (tertiary/aromatic N) is 6. The van der Waals surface area contributed by atoms with Gasteiger partial charge in [-0.25, -0.2) is 4.79 Å². The number of hydrogen-bond donors (Lipinski definition) is 0. The molecule has 0 radical (unpaired) electrons. The van der Waals surface area contributed by atoms with Gasteiger partial charge < -0.3 is 14.5 Å². The van der Waals surface area contributed by atoms with Gasteiger partial charge in [0.2, 0.25) is 0 Å². The van der Waals surface area contributed by atoms with E-state index in [0.717, 1.165) is 40.5 Å². The molecule has 8 nitrogen and oxygen atoms in total. The van der Waals surface area contributed by atoms with E-state index in [4.69, 9.17) is 4.74 Å². The molecule has 1 aromatic carbocycles. The third-order valence-electron chi connectivity index (χ3n) is 6.45. The van der Waals surface area contributed by atoms with Gasteiger partial charge in [0.05, 0.1) is 25.3 Å². The average Bonchev–Trinajstić information content (AvgIpc) is 3.28. The Labute approximate surface area is 175 Å². The number of benzene rings is 1. The number of ether oxygens (including phenoxy) is 1. The number of fused-ring (bicyclic) bond motifs is 3. The van der Waals surface area contributed by atoms with Gasteiger partial charge in [-0.1, -0.05) is 37.5 Å². The fourth-order valence-electron chi connectivity index (χ4n) is 4.86. The minimum absolute atomic E-state index is 0.111. The van der Waals surface area contributed by atoms with Gasteiger partial charge in [0.25, 0.3) is 0 Å². The highest BCUT2D eigenvalue weighted by atomic mass is 16.5. The molecule has 2 amide bonds. The number of carbonyl (C=O) groups excluding carboxylic acids is 1. The molecule has 0 bridgehead atoms. The zero-order chi connectivity index (χ0) is 20.5. The number of aryl methyl sites for hydroxylation is 1. The number of carbonyl (C=O) groups is 1. The Bertz CT molecular complexity index is 1050. The minimum Gasteiger partial charge on any atom is -0.378 e. The van der Waals surface area contributed by atoms with Crippen LogP contribution in [0.4, 0.5) is 4.79 Å². The molecule has 8 heteroatoms. The first kappa shape index (κ1) is 19.2. The first-order valence-corrected chi connectivity index (χ1v) is 10.9. The number of urea groups is 1. The molecular formula is C22H28N6O2. The third-order valence-corrected chi connectivity index (χ3v) is 6.45. The van der Waals surface area contributed by atoms with Crippen LogP contribution in [-0.2, 0) is 11.3 Å². The van der Waals surface area contributed by atoms with Crippen molar-refractivity contribution in [3.05, 3.63) is 35.4 Å². The number of rotatable bonds is 3. The van der Waals surface area contributed by atoms with Crippen LogP contribution in [0.5, 0.6) is 0 Å². The Balaban J connectivity index is 1.54. The lowest BCUT2D eigenvalue weighted by Gasteiger charge is -2.39. The summed E-state index contributed by atoms with van der Waals surface area (Å²) in [7, 11) is 0. The van der Waals surface area contributed by atoms with Crippen molar-refractivity contribution in [2.75, 3.05) is 26.3 Å². The highest BCUT2D eigenvalue weighted by Gasteiger charge is 2.30. The molecule has 0 N–H and O–H groups in total. The first-order valence-electron chi connectivity index (χ1n) is 10.9. The Morgan fingerprint density at radius 2 is 2.00 bits per heavy atom. The van der Waals surface area contributed by atoms with Crippen molar-refractivity contribution >= 4 is 22.6 Å². The largest absolute Gasteiger partial charge is 0.378 e. The number of hydrogen-bond acceptors (Lipinski definition) is 5. The summed E-state index contributed by atoms with van der Waals surface area (Å²) >= 11 is 0. The lowest BCUT2D eigenvalue weighted by molar-refractivity contribution is 0.0357. The summed E-state index contributed by atoms with van der Waals surface area (Å²) in [5, 5.41) is 13.6. The Hall–Kier alpha value is -2.74. The van der Waals surface area contributed by atoms with Crippen LogP contribution in [0.25, 0.3) is 16.6 Å². The molecule has 0 atom stereocenters. The molecule has 30 heavy (non-hydrogen) atoms. The van der Waals surface area contributed by atoms with E-state index in [-0.39, 0.29) is 12.1 Å². The SMILES string of the molecule is Cc1cccc2cc(CN(C(=O)N3CCOCC3)C3CCCCC3)c3nnnn3c12. The number of pyridine rings is 1. The highest BCUT2D eigenvalue weighted by Crippen LogP contribution is 2.28. The zero-order valence-corrected chi connectivity index (χ0v) is 17.5. The van der Waals surface area contributed by atoms with Gasteiger partial charge in [-0.05, 0) is 41.8 Å². The first-order chi connectivity index (χ1) is 14.7. The lowest BCUT2D eigenvalue weighted by Crippen LogP contribution is -2.51. The van der Waals surface area contributed by atoms with E-state index in [9.17, 15) is 4.79 Å². The number of morpholine rings is 1.